The molecule has 0 aromatic heterocycles. The van der Waals surface area contributed by atoms with Gasteiger partial charge in [0.1, 0.15) is 13.2 Å². The number of allylic oxidation sites excluding steroid dienone is 18. The van der Waals surface area contributed by atoms with Crippen molar-refractivity contribution in [3.05, 3.63) is 109 Å². The summed E-state index contributed by atoms with van der Waals surface area (Å²) in [6.07, 6.45) is 94.0. The number of unbranched alkanes of at least 4 members (excludes halogenated alkanes) is 33. The van der Waals surface area contributed by atoms with Crippen LogP contribution >= 0.6 is 0 Å². The highest BCUT2D eigenvalue weighted by Crippen LogP contribution is 2.17. The van der Waals surface area contributed by atoms with Crippen LogP contribution < -0.4 is 0 Å². The van der Waals surface area contributed by atoms with E-state index in [0.29, 0.717) is 19.3 Å². The van der Waals surface area contributed by atoms with E-state index in [2.05, 4.69) is 130 Å². The van der Waals surface area contributed by atoms with E-state index in [0.717, 1.165) is 128 Å². The van der Waals surface area contributed by atoms with Gasteiger partial charge >= 0.3 is 17.9 Å². The van der Waals surface area contributed by atoms with Crippen molar-refractivity contribution in [3.8, 4) is 0 Å². The van der Waals surface area contributed by atoms with Crippen LogP contribution in [0.4, 0.5) is 0 Å². The Morgan fingerprint density at radius 1 is 0.259 bits per heavy atom. The lowest BCUT2D eigenvalue weighted by Gasteiger charge is -2.18. The van der Waals surface area contributed by atoms with Crippen molar-refractivity contribution in [3.63, 3.8) is 0 Å². The fourth-order valence-electron chi connectivity index (χ4n) is 9.66. The molecule has 6 nitrogen and oxygen atoms in total. The van der Waals surface area contributed by atoms with Gasteiger partial charge in [-0.3, -0.25) is 14.4 Å². The first-order chi connectivity index (χ1) is 40.0. The minimum absolute atomic E-state index is 0.0886. The maximum Gasteiger partial charge on any atom is 0.306 e. The molecule has 0 bridgehead atoms. The molecule has 0 aliphatic heterocycles. The minimum Gasteiger partial charge on any atom is -0.462 e. The van der Waals surface area contributed by atoms with Crippen molar-refractivity contribution in [1.82, 2.24) is 0 Å². The molecule has 0 aliphatic carbocycles. The third kappa shape index (κ3) is 66.8. The summed E-state index contributed by atoms with van der Waals surface area (Å²) in [6, 6.07) is 0. The molecule has 0 fully saturated rings. The van der Waals surface area contributed by atoms with E-state index >= 15 is 0 Å². The molecule has 1 unspecified atom stereocenters. The van der Waals surface area contributed by atoms with Crippen LogP contribution in [0.15, 0.2) is 109 Å². The van der Waals surface area contributed by atoms with Crippen molar-refractivity contribution in [2.45, 2.75) is 335 Å². The molecule has 1 atom stereocenters. The number of carbonyl (C=O) groups is 3. The Morgan fingerprint density at radius 3 is 0.765 bits per heavy atom. The molecule has 0 aliphatic rings. The third-order valence-corrected chi connectivity index (χ3v) is 14.7. The molecule has 0 heterocycles. The Labute approximate surface area is 501 Å². The van der Waals surface area contributed by atoms with E-state index in [-0.39, 0.29) is 31.1 Å². The zero-order valence-corrected chi connectivity index (χ0v) is 53.3. The summed E-state index contributed by atoms with van der Waals surface area (Å²) >= 11 is 0. The van der Waals surface area contributed by atoms with Gasteiger partial charge in [0.15, 0.2) is 6.10 Å². The van der Waals surface area contributed by atoms with Gasteiger partial charge in [-0.2, -0.15) is 0 Å². The van der Waals surface area contributed by atoms with Gasteiger partial charge in [0.25, 0.3) is 0 Å². The van der Waals surface area contributed by atoms with Crippen LogP contribution in [-0.4, -0.2) is 37.2 Å². The molecule has 0 spiro atoms. The molecule has 6 heteroatoms. The summed E-state index contributed by atoms with van der Waals surface area (Å²) in [4.78, 5) is 38.4. The molecule has 0 saturated carbocycles. The predicted molar refractivity (Wildman–Crippen MR) is 353 cm³/mol. The molecule has 0 N–H and O–H groups in total. The monoisotopic (exact) mass is 1120 g/mol. The van der Waals surface area contributed by atoms with Crippen molar-refractivity contribution < 1.29 is 28.6 Å². The summed E-state index contributed by atoms with van der Waals surface area (Å²) in [5.41, 5.74) is 0. The van der Waals surface area contributed by atoms with E-state index in [9.17, 15) is 14.4 Å². The number of hydrogen-bond acceptors (Lipinski definition) is 6. The van der Waals surface area contributed by atoms with Crippen LogP contribution in [0.25, 0.3) is 0 Å². The zero-order valence-electron chi connectivity index (χ0n) is 53.3. The van der Waals surface area contributed by atoms with E-state index in [4.69, 9.17) is 14.2 Å². The summed E-state index contributed by atoms with van der Waals surface area (Å²) in [6.45, 7) is 6.41. The van der Waals surface area contributed by atoms with Crippen LogP contribution in [0.5, 0.6) is 0 Å². The Hall–Kier alpha value is -3.93. The second-order valence-electron chi connectivity index (χ2n) is 22.7. The standard InChI is InChI=1S/C75H128O6/c1-4-7-10-13-16-19-22-25-28-30-31-32-33-34-35-36-37-38-39-40-41-42-43-45-47-50-53-56-59-62-65-68-74(77)80-71-72(70-79-73(76)67-64-61-58-55-52-49-46-27-24-21-18-15-12-9-6-3)81-75(78)69-66-63-60-57-54-51-48-44-29-26-23-20-17-14-11-8-5-2/h7-8,10-11,16-17,19-20,25-29,31-32,46,48,51,72H,4-6,9,12-15,18,21-24,30,33-45,47,49-50,52-71H2,1-3H3/b10-7-,11-8-,19-16-,20-17-,28-25-,29-26-,32-31-,46-27-,51-48-. The zero-order chi connectivity index (χ0) is 58.5. The van der Waals surface area contributed by atoms with Crippen molar-refractivity contribution in [1.29, 1.82) is 0 Å². The first kappa shape index (κ1) is 77.1. The van der Waals surface area contributed by atoms with Gasteiger partial charge in [0.2, 0.25) is 0 Å². The lowest BCUT2D eigenvalue weighted by molar-refractivity contribution is -0.167. The van der Waals surface area contributed by atoms with Crippen LogP contribution in [0.1, 0.15) is 329 Å². The van der Waals surface area contributed by atoms with Crippen molar-refractivity contribution in [2.75, 3.05) is 13.2 Å². The predicted octanol–water partition coefficient (Wildman–Crippen LogP) is 23.8. The van der Waals surface area contributed by atoms with Crippen molar-refractivity contribution >= 4 is 17.9 Å². The van der Waals surface area contributed by atoms with Gasteiger partial charge in [-0.25, -0.2) is 0 Å². The molecule has 81 heavy (non-hydrogen) atoms. The lowest BCUT2D eigenvalue weighted by atomic mass is 10.0. The normalized spacial score (nSPS) is 12.8. The fraction of sp³-hybridized carbons (Fsp3) is 0.720. The third-order valence-electron chi connectivity index (χ3n) is 14.7. The number of esters is 3. The first-order valence-electron chi connectivity index (χ1n) is 34.4. The maximum atomic E-state index is 12.9. The SMILES string of the molecule is CC/C=C\C/C=C\C/C=C\C/C=C\CCCCCCCCCCCCCCCCCCCCC(=O)OCC(COC(=O)CCCCCCC/C=C\CCCCCCCC)OC(=O)CCCCCC/C=C\C/C=C\C/C=C\C/C=C\CC. The number of rotatable bonds is 62. The van der Waals surface area contributed by atoms with E-state index in [1.54, 1.807) is 0 Å². The topological polar surface area (TPSA) is 78.9 Å². The minimum atomic E-state index is -0.795. The lowest BCUT2D eigenvalue weighted by Crippen LogP contribution is -2.30. The van der Waals surface area contributed by atoms with E-state index < -0.39 is 6.10 Å². The molecule has 464 valence electrons. The van der Waals surface area contributed by atoms with Gasteiger partial charge in [0, 0.05) is 19.3 Å². The molecule has 0 rings (SSSR count). The molecular weight excluding hydrogens is 997 g/mol. The van der Waals surface area contributed by atoms with Gasteiger partial charge in [-0.1, -0.05) is 297 Å². The average molecular weight is 1130 g/mol. The average Bonchev–Trinajstić information content (AvgIpc) is 3.47. The fourth-order valence-corrected chi connectivity index (χ4v) is 9.66. The highest BCUT2D eigenvalue weighted by molar-refractivity contribution is 5.71. The van der Waals surface area contributed by atoms with E-state index in [1.165, 1.54) is 161 Å². The number of ether oxygens (including phenoxy) is 3. The molecule has 0 aromatic rings. The van der Waals surface area contributed by atoms with Crippen LogP contribution in [0.2, 0.25) is 0 Å². The van der Waals surface area contributed by atoms with Crippen LogP contribution in [0, 0.1) is 0 Å². The molecule has 0 aromatic carbocycles. The summed E-state index contributed by atoms with van der Waals surface area (Å²) in [7, 11) is 0. The van der Waals surface area contributed by atoms with Crippen molar-refractivity contribution in [2.24, 2.45) is 0 Å². The Balaban J connectivity index is 4.25. The Kier molecular flexibility index (Phi) is 65.2. The molecule has 0 amide bonds. The highest BCUT2D eigenvalue weighted by Gasteiger charge is 2.19. The van der Waals surface area contributed by atoms with Gasteiger partial charge < -0.3 is 14.2 Å². The molecule has 0 saturated heterocycles. The highest BCUT2D eigenvalue weighted by atomic mass is 16.6. The second-order valence-corrected chi connectivity index (χ2v) is 22.7. The largest absolute Gasteiger partial charge is 0.462 e. The number of hydrogen-bond donors (Lipinski definition) is 0. The number of carbonyl (C=O) groups excluding carboxylic acids is 3. The molecular formula is C75H128O6. The van der Waals surface area contributed by atoms with Crippen LogP contribution in [0.3, 0.4) is 0 Å². The quantitative estimate of drug-likeness (QED) is 0.0261. The molecule has 0 radical (unpaired) electrons. The first-order valence-corrected chi connectivity index (χ1v) is 34.4. The van der Waals surface area contributed by atoms with Gasteiger partial charge in [-0.15, -0.1) is 0 Å². The summed E-state index contributed by atoms with van der Waals surface area (Å²) in [5, 5.41) is 0. The summed E-state index contributed by atoms with van der Waals surface area (Å²) < 4.78 is 16.9. The summed E-state index contributed by atoms with van der Waals surface area (Å²) in [5.74, 6) is -0.909. The Bertz CT molecular complexity index is 1620. The second kappa shape index (κ2) is 68.6. The Morgan fingerprint density at radius 2 is 0.481 bits per heavy atom. The maximum absolute atomic E-state index is 12.9. The van der Waals surface area contributed by atoms with Gasteiger partial charge in [0.05, 0.1) is 0 Å². The van der Waals surface area contributed by atoms with Crippen LogP contribution in [-0.2, 0) is 28.6 Å². The smallest absolute Gasteiger partial charge is 0.306 e. The van der Waals surface area contributed by atoms with Gasteiger partial charge in [-0.05, 0) is 122 Å². The van der Waals surface area contributed by atoms with E-state index in [1.807, 2.05) is 0 Å².